The summed E-state index contributed by atoms with van der Waals surface area (Å²) in [5, 5.41) is 28.1. The highest BCUT2D eigenvalue weighted by atomic mass is 16.5. The second-order valence-electron chi connectivity index (χ2n) is 11.3. The van der Waals surface area contributed by atoms with Gasteiger partial charge in [-0.1, -0.05) is 44.7 Å². The fraction of sp³-hybridized carbons (Fsp3) is 0.324. The van der Waals surface area contributed by atoms with Gasteiger partial charge >= 0.3 is 6.01 Å². The molecule has 10 N–H and O–H groups in total. The summed E-state index contributed by atoms with van der Waals surface area (Å²) < 4.78 is 5.99. The molecule has 0 saturated heterocycles. The minimum Gasteiger partial charge on any atom is -0.507 e. The minimum absolute atomic E-state index is 0.00501. The molecule has 3 aromatic carbocycles. The molecule has 47 heavy (non-hydrogen) atoms. The van der Waals surface area contributed by atoms with Crippen molar-refractivity contribution in [1.82, 2.24) is 15.0 Å². The van der Waals surface area contributed by atoms with E-state index in [4.69, 9.17) is 21.9 Å². The molecule has 0 aliphatic heterocycles. The first kappa shape index (κ1) is 32.9. The van der Waals surface area contributed by atoms with Crippen molar-refractivity contribution in [3.8, 4) is 34.4 Å². The number of aromatic nitrogens is 3. The maximum absolute atomic E-state index is 13.5. The number of nitrogens with zero attached hydrogens (tertiary/aromatic N) is 3. The van der Waals surface area contributed by atoms with Gasteiger partial charge in [-0.2, -0.15) is 15.0 Å². The van der Waals surface area contributed by atoms with Gasteiger partial charge in [-0.3, -0.25) is 9.59 Å². The summed E-state index contributed by atoms with van der Waals surface area (Å²) >= 11 is 0. The molecule has 1 aliphatic rings. The average Bonchev–Trinajstić information content (AvgIpc) is 3.05. The second kappa shape index (κ2) is 14.8. The van der Waals surface area contributed by atoms with Gasteiger partial charge < -0.3 is 42.8 Å². The molecule has 4 aromatic rings. The second-order valence-corrected chi connectivity index (χ2v) is 11.3. The zero-order valence-corrected chi connectivity index (χ0v) is 26.3. The number of unbranched alkanes of at least 4 members (excludes halogenated alkanes) is 5. The van der Waals surface area contributed by atoms with Crippen LogP contribution in [0.2, 0.25) is 0 Å². The average molecular weight is 641 g/mol. The van der Waals surface area contributed by atoms with Crippen LogP contribution >= 0.6 is 0 Å². The van der Waals surface area contributed by atoms with Crippen molar-refractivity contribution in [3.05, 3.63) is 64.7 Å². The van der Waals surface area contributed by atoms with Crippen LogP contribution in [0, 0.1) is 0 Å². The number of nitrogens with one attached hydrogen (secondary N) is 2. The molecule has 0 spiro atoms. The molecule has 0 bridgehead atoms. The quantitative estimate of drug-likeness (QED) is 0.0443. The van der Waals surface area contributed by atoms with Gasteiger partial charge in [-0.15, -0.1) is 0 Å². The molecule has 5 rings (SSSR count). The molecular weight excluding hydrogens is 600 g/mol. The van der Waals surface area contributed by atoms with E-state index in [0.717, 1.165) is 51.5 Å². The molecule has 0 saturated carbocycles. The fourth-order valence-electron chi connectivity index (χ4n) is 5.46. The summed E-state index contributed by atoms with van der Waals surface area (Å²) in [5.74, 6) is -1.01. The highest BCUT2D eigenvalue weighted by Crippen LogP contribution is 2.45. The molecule has 0 atom stereocenters. The first-order valence-corrected chi connectivity index (χ1v) is 15.8. The third-order valence-electron chi connectivity index (χ3n) is 7.92. The van der Waals surface area contributed by atoms with E-state index in [2.05, 4.69) is 32.5 Å². The minimum atomic E-state index is -0.705. The van der Waals surface area contributed by atoms with Crippen LogP contribution in [0.5, 0.6) is 23.3 Å². The molecule has 0 unspecified atom stereocenters. The Morgan fingerprint density at radius 3 is 2.02 bits per heavy atom. The maximum atomic E-state index is 13.5. The first-order chi connectivity index (χ1) is 22.7. The number of benzene rings is 3. The Morgan fingerprint density at radius 2 is 1.34 bits per heavy atom. The number of hydrogen-bond acceptors (Lipinski definition) is 13. The number of phenols is 2. The summed E-state index contributed by atoms with van der Waals surface area (Å²) in [6.45, 7) is 4.23. The van der Waals surface area contributed by atoms with Crippen LogP contribution in [-0.4, -0.2) is 56.4 Å². The lowest BCUT2D eigenvalue weighted by atomic mass is 9.80. The van der Waals surface area contributed by atoms with Gasteiger partial charge in [0.1, 0.15) is 17.2 Å². The van der Waals surface area contributed by atoms with Crippen molar-refractivity contribution in [1.29, 1.82) is 0 Å². The monoisotopic (exact) mass is 640 g/mol. The van der Waals surface area contributed by atoms with E-state index in [1.165, 1.54) is 18.2 Å². The molecule has 1 aliphatic carbocycles. The number of phenolic OH excluding ortho intramolecular Hbond substituents is 2. The number of aromatic hydroxyl groups is 2. The molecule has 1 heterocycles. The maximum Gasteiger partial charge on any atom is 0.328 e. The van der Waals surface area contributed by atoms with Crippen molar-refractivity contribution in [3.63, 3.8) is 0 Å². The molecule has 0 amide bonds. The van der Waals surface area contributed by atoms with E-state index in [-0.39, 0.29) is 45.2 Å². The lowest BCUT2D eigenvalue weighted by Crippen LogP contribution is -2.24. The number of carbonyl (C=O) groups excluding carboxylic acids is 2. The van der Waals surface area contributed by atoms with Crippen molar-refractivity contribution in [2.75, 3.05) is 41.7 Å². The first-order valence-electron chi connectivity index (χ1n) is 15.8. The highest BCUT2D eigenvalue weighted by molar-refractivity contribution is 6.33. The Kier molecular flexibility index (Phi) is 10.4. The largest absolute Gasteiger partial charge is 0.507 e. The third kappa shape index (κ3) is 7.20. The van der Waals surface area contributed by atoms with Crippen LogP contribution in [0.3, 0.4) is 0 Å². The van der Waals surface area contributed by atoms with Gasteiger partial charge in [0.15, 0.2) is 0 Å². The van der Waals surface area contributed by atoms with Crippen molar-refractivity contribution in [2.45, 2.75) is 51.9 Å². The Balaban J connectivity index is 1.36. The Hall–Kier alpha value is -5.43. The zero-order valence-electron chi connectivity index (χ0n) is 26.3. The number of ether oxygens (including phenoxy) is 1. The Labute approximate surface area is 272 Å². The van der Waals surface area contributed by atoms with Gasteiger partial charge in [-0.05, 0) is 61.7 Å². The molecule has 246 valence electrons. The summed E-state index contributed by atoms with van der Waals surface area (Å²) in [6.07, 6.45) is 7.31. The van der Waals surface area contributed by atoms with Crippen LogP contribution in [0.4, 0.5) is 23.3 Å². The number of hydrogen-bond donors (Lipinski definition) is 7. The van der Waals surface area contributed by atoms with Gasteiger partial charge in [-0.25, -0.2) is 0 Å². The summed E-state index contributed by atoms with van der Waals surface area (Å²) in [4.78, 5) is 40.1. The third-order valence-corrected chi connectivity index (χ3v) is 7.92. The topological polar surface area (TPSA) is 225 Å². The standard InChI is InChI=1S/C34H40N8O5/c1-2-3-16-38-32-40-33(39-17-8-6-4-5-7-15-35)42-34(41-32)47-20-11-9-19(10-12-20)21-18-23(37)26-28(29(21)44)31(46)25-22(36)13-14-24(43)27(25)30(26)45/h9-14,18,43-44H,2-8,15-17,35-37H2,1H3,(H2,38,39,40,41,42). The summed E-state index contributed by atoms with van der Waals surface area (Å²) in [6, 6.07) is 10.7. The number of nitrogen functional groups attached to an aromatic ring is 2. The van der Waals surface area contributed by atoms with E-state index >= 15 is 0 Å². The summed E-state index contributed by atoms with van der Waals surface area (Å²) in [7, 11) is 0. The number of carbonyl (C=O) groups is 2. The van der Waals surface area contributed by atoms with E-state index in [1.807, 2.05) is 0 Å². The molecule has 13 nitrogen and oxygen atoms in total. The van der Waals surface area contributed by atoms with Crippen molar-refractivity contribution in [2.24, 2.45) is 5.73 Å². The molecule has 0 fully saturated rings. The van der Waals surface area contributed by atoms with Gasteiger partial charge in [0.05, 0.1) is 22.3 Å². The fourth-order valence-corrected chi connectivity index (χ4v) is 5.46. The number of rotatable bonds is 15. The molecule has 13 heteroatoms. The number of nitrogens with two attached hydrogens (primary N) is 3. The van der Waals surface area contributed by atoms with Crippen LogP contribution in [0.15, 0.2) is 42.5 Å². The van der Waals surface area contributed by atoms with Crippen LogP contribution < -0.4 is 32.6 Å². The molecule has 1 aromatic heterocycles. The Morgan fingerprint density at radius 1 is 0.723 bits per heavy atom. The predicted octanol–water partition coefficient (Wildman–Crippen LogP) is 5.22. The smallest absolute Gasteiger partial charge is 0.328 e. The van der Waals surface area contributed by atoms with Crippen LogP contribution in [0.1, 0.15) is 83.7 Å². The molecule has 0 radical (unpaired) electrons. The van der Waals surface area contributed by atoms with E-state index in [1.54, 1.807) is 24.3 Å². The van der Waals surface area contributed by atoms with Gasteiger partial charge in [0, 0.05) is 30.0 Å². The lowest BCUT2D eigenvalue weighted by molar-refractivity contribution is 0.0975. The van der Waals surface area contributed by atoms with Crippen LogP contribution in [0.25, 0.3) is 11.1 Å². The summed E-state index contributed by atoms with van der Waals surface area (Å²) in [5.41, 5.74) is 17.7. The highest BCUT2D eigenvalue weighted by Gasteiger charge is 2.38. The van der Waals surface area contributed by atoms with Crippen LogP contribution in [-0.2, 0) is 0 Å². The predicted molar refractivity (Wildman–Crippen MR) is 181 cm³/mol. The number of anilines is 4. The molecular formula is C34H40N8O5. The zero-order chi connectivity index (χ0) is 33.5. The van der Waals surface area contributed by atoms with Gasteiger partial charge in [0.2, 0.25) is 23.5 Å². The van der Waals surface area contributed by atoms with Gasteiger partial charge in [0.25, 0.3) is 0 Å². The van der Waals surface area contributed by atoms with Crippen molar-refractivity contribution >= 4 is 34.8 Å². The lowest BCUT2D eigenvalue weighted by Gasteiger charge is -2.23. The number of ketones is 2. The van der Waals surface area contributed by atoms with E-state index in [9.17, 15) is 19.8 Å². The SMILES string of the molecule is CCCCNc1nc(NCCCCCCCN)nc(Oc2ccc(-c3cc(N)c4c(c3O)C(=O)c3c(N)ccc(O)c3C4=O)cc2)n1. The Bertz CT molecular complexity index is 1780. The van der Waals surface area contributed by atoms with E-state index < -0.39 is 23.1 Å². The van der Waals surface area contributed by atoms with Crippen molar-refractivity contribution < 1.29 is 24.5 Å². The van der Waals surface area contributed by atoms with E-state index in [0.29, 0.717) is 36.3 Å². The normalized spacial score (nSPS) is 12.0. The number of fused-ring (bicyclic) bond motifs is 2.